The zero-order valence-electron chi connectivity index (χ0n) is 6.18. The fourth-order valence-corrected chi connectivity index (χ4v) is 0.413. The van der Waals surface area contributed by atoms with Crippen LogP contribution in [0.15, 0.2) is 0 Å². The van der Waals surface area contributed by atoms with Crippen LogP contribution in [0.3, 0.4) is 0 Å². The van der Waals surface area contributed by atoms with Crippen molar-refractivity contribution in [2.45, 2.75) is 6.42 Å². The Morgan fingerprint density at radius 3 is 2.30 bits per heavy atom. The van der Waals surface area contributed by atoms with Crippen molar-refractivity contribution in [1.29, 1.82) is 0 Å². The molecule has 0 heterocycles. The van der Waals surface area contributed by atoms with E-state index in [9.17, 15) is 4.79 Å². The normalized spacial score (nSPS) is 8.30. The second-order valence-electron chi connectivity index (χ2n) is 2.03. The number of hydrogen-bond donors (Lipinski definition) is 0. The molecule has 0 radical (unpaired) electrons. The lowest BCUT2D eigenvalue weighted by atomic mass is 10.4. The van der Waals surface area contributed by atoms with E-state index in [0.717, 1.165) is 0 Å². The van der Waals surface area contributed by atoms with E-state index >= 15 is 0 Å². The Kier molecular flexibility index (Phi) is 8.34. The standard InChI is InChI=1S/C6H13NO2.H4Si/c1-7(2)6(8)4-5-9-3;/h4-5H2,1-3H3;1H4. The third-order valence-electron chi connectivity index (χ3n) is 1.02. The second-order valence-corrected chi connectivity index (χ2v) is 2.03. The summed E-state index contributed by atoms with van der Waals surface area (Å²) >= 11 is 0. The molecule has 0 N–H and O–H groups in total. The molecule has 0 bridgehead atoms. The average Bonchev–Trinajstić information content (AvgIpc) is 1.82. The lowest BCUT2D eigenvalue weighted by molar-refractivity contribution is -0.129. The van der Waals surface area contributed by atoms with Crippen LogP contribution in [0.25, 0.3) is 0 Å². The number of hydrogen-bond acceptors (Lipinski definition) is 2. The van der Waals surface area contributed by atoms with Crippen molar-refractivity contribution in [3.8, 4) is 0 Å². The van der Waals surface area contributed by atoms with E-state index in [0.29, 0.717) is 13.0 Å². The van der Waals surface area contributed by atoms with Gasteiger partial charge >= 0.3 is 0 Å². The van der Waals surface area contributed by atoms with Gasteiger partial charge in [-0.25, -0.2) is 0 Å². The molecule has 0 fully saturated rings. The monoisotopic (exact) mass is 163 g/mol. The van der Waals surface area contributed by atoms with Gasteiger partial charge in [-0.15, -0.1) is 0 Å². The molecule has 0 unspecified atom stereocenters. The summed E-state index contributed by atoms with van der Waals surface area (Å²) in [5, 5.41) is 0. The second kappa shape index (κ2) is 6.76. The van der Waals surface area contributed by atoms with Crippen molar-refractivity contribution in [3.63, 3.8) is 0 Å². The van der Waals surface area contributed by atoms with Crippen molar-refractivity contribution in [1.82, 2.24) is 4.90 Å². The molecule has 10 heavy (non-hydrogen) atoms. The van der Waals surface area contributed by atoms with Gasteiger partial charge < -0.3 is 9.64 Å². The third kappa shape index (κ3) is 5.78. The average molecular weight is 163 g/mol. The van der Waals surface area contributed by atoms with E-state index in [1.807, 2.05) is 0 Å². The van der Waals surface area contributed by atoms with Crippen molar-refractivity contribution in [2.75, 3.05) is 27.8 Å². The van der Waals surface area contributed by atoms with Crippen LogP contribution in [0.5, 0.6) is 0 Å². The molecule has 0 aromatic carbocycles. The number of rotatable bonds is 3. The van der Waals surface area contributed by atoms with Crippen LogP contribution in [0.2, 0.25) is 0 Å². The van der Waals surface area contributed by atoms with Crippen LogP contribution in [-0.2, 0) is 9.53 Å². The Hall–Kier alpha value is -0.353. The molecular formula is C6H17NO2Si. The summed E-state index contributed by atoms with van der Waals surface area (Å²) in [6.45, 7) is 0.511. The van der Waals surface area contributed by atoms with E-state index < -0.39 is 0 Å². The van der Waals surface area contributed by atoms with Crippen LogP contribution in [0.1, 0.15) is 6.42 Å². The van der Waals surface area contributed by atoms with Gasteiger partial charge in [-0.05, 0) is 11.0 Å². The molecule has 0 aromatic rings. The first kappa shape index (κ1) is 12.3. The predicted molar refractivity (Wildman–Crippen MR) is 46.5 cm³/mol. The summed E-state index contributed by atoms with van der Waals surface area (Å²) in [5.41, 5.74) is 0. The highest BCUT2D eigenvalue weighted by molar-refractivity contribution is 5.75. The van der Waals surface area contributed by atoms with Crippen LogP contribution in [-0.4, -0.2) is 49.6 Å². The molecule has 0 rings (SSSR count). The SMILES string of the molecule is COCCC(=O)N(C)C.[SiH4]. The Morgan fingerprint density at radius 1 is 1.50 bits per heavy atom. The van der Waals surface area contributed by atoms with Crippen LogP contribution >= 0.6 is 0 Å². The largest absolute Gasteiger partial charge is 0.384 e. The maximum absolute atomic E-state index is 10.7. The van der Waals surface area contributed by atoms with Gasteiger partial charge in [0.1, 0.15) is 0 Å². The summed E-state index contributed by atoms with van der Waals surface area (Å²) in [5.74, 6) is 0.108. The van der Waals surface area contributed by atoms with Crippen LogP contribution in [0, 0.1) is 0 Å². The molecule has 1 amide bonds. The first-order valence-corrected chi connectivity index (χ1v) is 2.87. The molecule has 0 aliphatic rings. The summed E-state index contributed by atoms with van der Waals surface area (Å²) in [7, 11) is 5.05. The highest BCUT2D eigenvalue weighted by Gasteiger charge is 2.00. The van der Waals surface area contributed by atoms with E-state index in [2.05, 4.69) is 0 Å². The minimum Gasteiger partial charge on any atom is -0.384 e. The third-order valence-corrected chi connectivity index (χ3v) is 1.02. The molecule has 0 aliphatic heterocycles. The number of nitrogens with zero attached hydrogens (tertiary/aromatic N) is 1. The van der Waals surface area contributed by atoms with Gasteiger partial charge in [-0.1, -0.05) is 0 Å². The highest BCUT2D eigenvalue weighted by Crippen LogP contribution is 1.85. The Morgan fingerprint density at radius 2 is 2.00 bits per heavy atom. The van der Waals surface area contributed by atoms with Crippen LogP contribution in [0.4, 0.5) is 0 Å². The Balaban J connectivity index is 0. The zero-order chi connectivity index (χ0) is 7.28. The van der Waals surface area contributed by atoms with Gasteiger partial charge in [0, 0.05) is 21.2 Å². The van der Waals surface area contributed by atoms with Gasteiger partial charge in [0.15, 0.2) is 0 Å². The summed E-state index contributed by atoms with van der Waals surface area (Å²) in [6.07, 6.45) is 0.476. The number of carbonyl (C=O) groups is 1. The smallest absolute Gasteiger partial charge is 0.224 e. The van der Waals surface area contributed by atoms with Gasteiger partial charge in [0.2, 0.25) is 5.91 Å². The summed E-state index contributed by atoms with van der Waals surface area (Å²) in [6, 6.07) is 0. The van der Waals surface area contributed by atoms with Gasteiger partial charge in [0.25, 0.3) is 0 Å². The molecule has 0 saturated heterocycles. The van der Waals surface area contributed by atoms with Gasteiger partial charge in [0.05, 0.1) is 13.0 Å². The number of methoxy groups -OCH3 is 1. The van der Waals surface area contributed by atoms with E-state index in [-0.39, 0.29) is 16.9 Å². The number of carbonyl (C=O) groups excluding carboxylic acids is 1. The first-order valence-electron chi connectivity index (χ1n) is 2.87. The van der Waals surface area contributed by atoms with Gasteiger partial charge in [-0.3, -0.25) is 4.79 Å². The summed E-state index contributed by atoms with van der Waals surface area (Å²) < 4.78 is 4.72. The maximum Gasteiger partial charge on any atom is 0.224 e. The summed E-state index contributed by atoms with van der Waals surface area (Å²) in [4.78, 5) is 12.3. The van der Waals surface area contributed by atoms with Crippen LogP contribution < -0.4 is 0 Å². The number of amides is 1. The first-order chi connectivity index (χ1) is 4.18. The Bertz CT molecular complexity index is 95.7. The zero-order valence-corrected chi connectivity index (χ0v) is 6.18. The molecule has 0 spiro atoms. The molecule has 3 nitrogen and oxygen atoms in total. The quantitative estimate of drug-likeness (QED) is 0.482. The highest BCUT2D eigenvalue weighted by atomic mass is 28.1. The van der Waals surface area contributed by atoms with Crippen molar-refractivity contribution < 1.29 is 9.53 Å². The molecular weight excluding hydrogens is 146 g/mol. The molecule has 0 aromatic heterocycles. The fourth-order valence-electron chi connectivity index (χ4n) is 0.413. The molecule has 4 heteroatoms. The molecule has 0 atom stereocenters. The van der Waals surface area contributed by atoms with E-state index in [1.54, 1.807) is 26.1 Å². The lowest BCUT2D eigenvalue weighted by Gasteiger charge is -2.08. The minimum atomic E-state index is 0. The molecule has 0 aliphatic carbocycles. The molecule has 0 saturated carbocycles. The minimum absolute atomic E-state index is 0. The van der Waals surface area contributed by atoms with E-state index in [4.69, 9.17) is 4.74 Å². The maximum atomic E-state index is 10.7. The molecule has 62 valence electrons. The Labute approximate surface area is 66.4 Å². The predicted octanol–water partition coefficient (Wildman–Crippen LogP) is -1.34. The van der Waals surface area contributed by atoms with Gasteiger partial charge in [-0.2, -0.15) is 0 Å². The number of ether oxygens (including phenoxy) is 1. The van der Waals surface area contributed by atoms with E-state index in [1.165, 1.54) is 0 Å². The fraction of sp³-hybridized carbons (Fsp3) is 0.833. The topological polar surface area (TPSA) is 29.5 Å². The lowest BCUT2D eigenvalue weighted by Crippen LogP contribution is -2.22. The van der Waals surface area contributed by atoms with Crippen molar-refractivity contribution >= 4 is 16.9 Å². The van der Waals surface area contributed by atoms with Crippen molar-refractivity contribution in [2.24, 2.45) is 0 Å². The van der Waals surface area contributed by atoms with Crippen molar-refractivity contribution in [3.05, 3.63) is 0 Å².